The summed E-state index contributed by atoms with van der Waals surface area (Å²) in [5.74, 6) is 1.38. The Kier molecular flexibility index (Phi) is 8.57. The summed E-state index contributed by atoms with van der Waals surface area (Å²) in [7, 11) is -3.62. The molecular weight excluding hydrogens is 364 g/mol. The van der Waals surface area contributed by atoms with Crippen LogP contribution in [0.15, 0.2) is 29.2 Å². The zero-order chi connectivity index (χ0) is 19.7. The summed E-state index contributed by atoms with van der Waals surface area (Å²) < 4.78 is 32.6. The lowest BCUT2D eigenvalue weighted by atomic mass is 9.96. The molecule has 0 radical (unpaired) electrons. The lowest BCUT2D eigenvalue weighted by Gasteiger charge is -2.20. The maximum Gasteiger partial charge on any atom is 0.240 e. The average Bonchev–Trinajstić information content (AvgIpc) is 2.88. The van der Waals surface area contributed by atoms with Gasteiger partial charge in [-0.3, -0.25) is 4.79 Å². The molecule has 0 aromatic heterocycles. The second-order valence-corrected chi connectivity index (χ2v) is 8.79. The van der Waals surface area contributed by atoms with Gasteiger partial charge in [-0.25, -0.2) is 13.1 Å². The molecule has 1 aliphatic heterocycles. The Hall–Kier alpha value is -1.60. The minimum absolute atomic E-state index is 0.0292. The maximum atomic E-state index is 12.4. The van der Waals surface area contributed by atoms with Gasteiger partial charge in [0.1, 0.15) is 5.75 Å². The first-order chi connectivity index (χ1) is 13.0. The van der Waals surface area contributed by atoms with E-state index in [1.54, 1.807) is 12.1 Å². The maximum absolute atomic E-state index is 12.4. The molecule has 1 heterocycles. The van der Waals surface area contributed by atoms with Gasteiger partial charge >= 0.3 is 0 Å². The van der Waals surface area contributed by atoms with Gasteiger partial charge in [0, 0.05) is 26.1 Å². The number of rotatable bonds is 9. The van der Waals surface area contributed by atoms with Gasteiger partial charge in [-0.2, -0.15) is 0 Å². The number of nitrogens with zero attached hydrogens (tertiary/aromatic N) is 1. The van der Waals surface area contributed by atoms with E-state index in [1.165, 1.54) is 31.4 Å². The SMILES string of the molecule is CCCC1CCCN(C(=O)CCNS(=O)(=O)c2ccc(OCC)cc2)CC1. The minimum Gasteiger partial charge on any atom is -0.494 e. The van der Waals surface area contributed by atoms with Crippen molar-refractivity contribution in [2.45, 2.75) is 57.3 Å². The molecule has 7 heteroatoms. The van der Waals surface area contributed by atoms with E-state index in [9.17, 15) is 13.2 Å². The van der Waals surface area contributed by atoms with Gasteiger partial charge in [0.25, 0.3) is 0 Å². The van der Waals surface area contributed by atoms with Crippen molar-refractivity contribution in [1.82, 2.24) is 9.62 Å². The molecule has 0 saturated carbocycles. The lowest BCUT2D eigenvalue weighted by molar-refractivity contribution is -0.131. The van der Waals surface area contributed by atoms with Crippen molar-refractivity contribution in [3.63, 3.8) is 0 Å². The van der Waals surface area contributed by atoms with Crippen LogP contribution in [-0.2, 0) is 14.8 Å². The minimum atomic E-state index is -3.62. The molecular formula is C20H32N2O4S. The number of sulfonamides is 1. The molecule has 2 rings (SSSR count). The van der Waals surface area contributed by atoms with Gasteiger partial charge in [-0.15, -0.1) is 0 Å². The van der Waals surface area contributed by atoms with Gasteiger partial charge in [0.15, 0.2) is 0 Å². The largest absolute Gasteiger partial charge is 0.494 e. The Morgan fingerprint density at radius 1 is 1.19 bits per heavy atom. The molecule has 1 atom stereocenters. The zero-order valence-electron chi connectivity index (χ0n) is 16.4. The third-order valence-electron chi connectivity index (χ3n) is 4.97. The van der Waals surface area contributed by atoms with Crippen molar-refractivity contribution in [3.05, 3.63) is 24.3 Å². The normalized spacial score (nSPS) is 18.1. The monoisotopic (exact) mass is 396 g/mol. The average molecular weight is 397 g/mol. The molecule has 0 bridgehead atoms. The van der Waals surface area contributed by atoms with Gasteiger partial charge in [-0.1, -0.05) is 19.8 Å². The second-order valence-electron chi connectivity index (χ2n) is 7.02. The number of nitrogens with one attached hydrogen (secondary N) is 1. The number of ether oxygens (including phenoxy) is 1. The molecule has 0 spiro atoms. The molecule has 1 fully saturated rings. The van der Waals surface area contributed by atoms with E-state index in [0.29, 0.717) is 18.3 Å². The first-order valence-corrected chi connectivity index (χ1v) is 11.4. The summed E-state index contributed by atoms with van der Waals surface area (Å²) in [5, 5.41) is 0. The smallest absolute Gasteiger partial charge is 0.240 e. The van der Waals surface area contributed by atoms with Crippen LogP contribution in [0.3, 0.4) is 0 Å². The number of benzene rings is 1. The number of hydrogen-bond donors (Lipinski definition) is 1. The number of hydrogen-bond acceptors (Lipinski definition) is 4. The van der Waals surface area contributed by atoms with Crippen LogP contribution < -0.4 is 9.46 Å². The van der Waals surface area contributed by atoms with E-state index in [4.69, 9.17) is 4.74 Å². The summed E-state index contributed by atoms with van der Waals surface area (Å²) in [4.78, 5) is 14.5. The zero-order valence-corrected chi connectivity index (χ0v) is 17.3. The van der Waals surface area contributed by atoms with Crippen LogP contribution in [0.2, 0.25) is 0 Å². The van der Waals surface area contributed by atoms with E-state index in [2.05, 4.69) is 11.6 Å². The van der Waals surface area contributed by atoms with Gasteiger partial charge < -0.3 is 9.64 Å². The quantitative estimate of drug-likeness (QED) is 0.696. The van der Waals surface area contributed by atoms with Crippen LogP contribution in [0.1, 0.15) is 52.4 Å². The van der Waals surface area contributed by atoms with E-state index in [1.807, 2.05) is 11.8 Å². The van der Waals surface area contributed by atoms with Crippen LogP contribution in [0.4, 0.5) is 0 Å². The number of likely N-dealkylation sites (tertiary alicyclic amines) is 1. The Balaban J connectivity index is 1.81. The third-order valence-corrected chi connectivity index (χ3v) is 6.45. The van der Waals surface area contributed by atoms with Crippen molar-refractivity contribution in [1.29, 1.82) is 0 Å². The lowest BCUT2D eigenvalue weighted by Crippen LogP contribution is -2.35. The molecule has 1 saturated heterocycles. The molecule has 1 unspecified atom stereocenters. The van der Waals surface area contributed by atoms with E-state index in [0.717, 1.165) is 25.9 Å². The molecule has 152 valence electrons. The first-order valence-electron chi connectivity index (χ1n) is 9.96. The van der Waals surface area contributed by atoms with E-state index < -0.39 is 10.0 Å². The number of carbonyl (C=O) groups is 1. The standard InChI is InChI=1S/C20H32N2O4S/c1-3-6-17-7-5-15-22(16-13-17)20(23)12-14-21-27(24,25)19-10-8-18(9-11-19)26-4-2/h8-11,17,21H,3-7,12-16H2,1-2H3. The highest BCUT2D eigenvalue weighted by atomic mass is 32.2. The van der Waals surface area contributed by atoms with Crippen molar-refractivity contribution in [2.24, 2.45) is 5.92 Å². The second kappa shape index (κ2) is 10.7. The van der Waals surface area contributed by atoms with Crippen LogP contribution in [-0.4, -0.2) is 45.5 Å². The highest BCUT2D eigenvalue weighted by Crippen LogP contribution is 2.22. The third kappa shape index (κ3) is 6.81. The summed E-state index contributed by atoms with van der Waals surface area (Å²) in [6, 6.07) is 6.29. The molecule has 0 aliphatic carbocycles. The van der Waals surface area contributed by atoms with E-state index >= 15 is 0 Å². The van der Waals surface area contributed by atoms with Crippen molar-refractivity contribution < 1.29 is 17.9 Å². The Labute approximate surface area is 163 Å². The molecule has 1 aromatic rings. The number of amides is 1. The predicted molar refractivity (Wildman–Crippen MR) is 106 cm³/mol. The van der Waals surface area contributed by atoms with Crippen LogP contribution >= 0.6 is 0 Å². The predicted octanol–water partition coefficient (Wildman–Crippen LogP) is 3.18. The van der Waals surface area contributed by atoms with Gasteiger partial charge in [-0.05, 0) is 56.4 Å². The fourth-order valence-corrected chi connectivity index (χ4v) is 4.56. The summed E-state index contributed by atoms with van der Waals surface area (Å²) in [6.45, 7) is 6.28. The highest BCUT2D eigenvalue weighted by molar-refractivity contribution is 7.89. The molecule has 1 aromatic carbocycles. The molecule has 1 amide bonds. The summed E-state index contributed by atoms with van der Waals surface area (Å²) >= 11 is 0. The van der Waals surface area contributed by atoms with Crippen LogP contribution in [0.5, 0.6) is 5.75 Å². The first kappa shape index (κ1) is 21.7. The van der Waals surface area contributed by atoms with Gasteiger partial charge in [0.2, 0.25) is 15.9 Å². The summed E-state index contributed by atoms with van der Waals surface area (Å²) in [6.07, 6.45) is 5.87. The molecule has 27 heavy (non-hydrogen) atoms. The Morgan fingerprint density at radius 3 is 2.59 bits per heavy atom. The van der Waals surface area contributed by atoms with Crippen LogP contribution in [0, 0.1) is 5.92 Å². The van der Waals surface area contributed by atoms with Crippen molar-refractivity contribution in [2.75, 3.05) is 26.2 Å². The molecule has 1 aliphatic rings. The summed E-state index contributed by atoms with van der Waals surface area (Å²) in [5.41, 5.74) is 0. The molecule has 1 N–H and O–H groups in total. The highest BCUT2D eigenvalue weighted by Gasteiger charge is 2.21. The molecule has 6 nitrogen and oxygen atoms in total. The fraction of sp³-hybridized carbons (Fsp3) is 0.650. The Morgan fingerprint density at radius 2 is 1.93 bits per heavy atom. The van der Waals surface area contributed by atoms with E-state index in [-0.39, 0.29) is 23.8 Å². The van der Waals surface area contributed by atoms with Crippen LogP contribution in [0.25, 0.3) is 0 Å². The van der Waals surface area contributed by atoms with Crippen molar-refractivity contribution >= 4 is 15.9 Å². The van der Waals surface area contributed by atoms with Crippen molar-refractivity contribution in [3.8, 4) is 5.75 Å². The van der Waals surface area contributed by atoms with Gasteiger partial charge in [0.05, 0.1) is 11.5 Å². The number of carbonyl (C=O) groups excluding carboxylic acids is 1. The Bertz CT molecular complexity index is 688. The topological polar surface area (TPSA) is 75.7 Å². The fourth-order valence-electron chi connectivity index (χ4n) is 3.53.